The van der Waals surface area contributed by atoms with Gasteiger partial charge in [-0.3, -0.25) is 9.59 Å². The third kappa shape index (κ3) is 5.47. The van der Waals surface area contributed by atoms with Crippen LogP contribution in [0.2, 0.25) is 0 Å². The van der Waals surface area contributed by atoms with E-state index in [-0.39, 0.29) is 36.9 Å². The van der Waals surface area contributed by atoms with E-state index in [4.69, 9.17) is 18.9 Å². The fraction of sp³-hybridized carbons (Fsp3) is 0.241. The van der Waals surface area contributed by atoms with Crippen LogP contribution in [-0.4, -0.2) is 56.2 Å². The van der Waals surface area contributed by atoms with Crippen LogP contribution in [0, 0.1) is 5.82 Å². The number of aliphatic hydroxyl groups excluding tert-OH is 1. The number of hydrogen-bond donors (Lipinski definition) is 1. The van der Waals surface area contributed by atoms with Gasteiger partial charge in [-0.05, 0) is 53.6 Å². The van der Waals surface area contributed by atoms with Crippen molar-refractivity contribution in [2.45, 2.75) is 12.6 Å². The van der Waals surface area contributed by atoms with Crippen molar-refractivity contribution in [3.63, 3.8) is 0 Å². The summed E-state index contributed by atoms with van der Waals surface area (Å²) in [6.45, 7) is 0.599. The lowest BCUT2D eigenvalue weighted by Gasteiger charge is -2.25. The van der Waals surface area contributed by atoms with Crippen molar-refractivity contribution in [2.24, 2.45) is 0 Å². The second kappa shape index (κ2) is 11.8. The quantitative estimate of drug-likeness (QED) is 0.239. The highest BCUT2D eigenvalue weighted by atomic mass is 19.1. The first-order valence-corrected chi connectivity index (χ1v) is 11.8. The Bertz CT molecular complexity index is 1340. The van der Waals surface area contributed by atoms with Crippen LogP contribution >= 0.6 is 0 Å². The molecule has 1 saturated heterocycles. The fourth-order valence-electron chi connectivity index (χ4n) is 4.28. The molecule has 3 aromatic rings. The van der Waals surface area contributed by atoms with Gasteiger partial charge in [-0.2, -0.15) is 0 Å². The molecule has 9 heteroatoms. The lowest BCUT2D eigenvalue weighted by atomic mass is 9.95. The minimum Gasteiger partial charge on any atom is -0.507 e. The molecule has 3 aromatic carbocycles. The summed E-state index contributed by atoms with van der Waals surface area (Å²) in [5.41, 5.74) is 1.67. The zero-order valence-corrected chi connectivity index (χ0v) is 21.3. The van der Waals surface area contributed by atoms with Crippen molar-refractivity contribution in [3.8, 4) is 17.2 Å². The highest BCUT2D eigenvalue weighted by Crippen LogP contribution is 2.41. The molecule has 198 valence electrons. The number of hydrogen-bond acceptors (Lipinski definition) is 7. The lowest BCUT2D eigenvalue weighted by Crippen LogP contribution is -2.32. The molecule has 0 saturated carbocycles. The standard InChI is InChI=1S/C29H28FNO7/c1-35-15-14-31-26(19-6-11-22(12-7-19)38-17-18-4-9-21(30)10-5-18)25(28(33)29(31)34)27(32)20-8-13-23(36-2)24(16-20)37-3/h4-13,16,26,32H,14-15,17H2,1-3H3/b27-25-. The topological polar surface area (TPSA) is 94.5 Å². The minimum atomic E-state index is -0.843. The van der Waals surface area contributed by atoms with E-state index in [2.05, 4.69) is 0 Å². The number of aliphatic hydroxyl groups is 1. The van der Waals surface area contributed by atoms with Crippen molar-refractivity contribution >= 4 is 17.4 Å². The number of ketones is 1. The average molecular weight is 522 g/mol. The zero-order chi connectivity index (χ0) is 27.2. The van der Waals surface area contributed by atoms with Gasteiger partial charge in [-0.15, -0.1) is 0 Å². The SMILES string of the molecule is COCCN1C(=O)C(=O)/C(=C(\O)c2ccc(OC)c(OC)c2)C1c1ccc(OCc2ccc(F)cc2)cc1. The van der Waals surface area contributed by atoms with Gasteiger partial charge in [0.15, 0.2) is 11.5 Å². The largest absolute Gasteiger partial charge is 0.507 e. The van der Waals surface area contributed by atoms with Crippen LogP contribution in [0.4, 0.5) is 4.39 Å². The second-order valence-electron chi connectivity index (χ2n) is 8.54. The molecule has 1 unspecified atom stereocenters. The Morgan fingerprint density at radius 3 is 2.24 bits per heavy atom. The maximum absolute atomic E-state index is 13.1. The number of Topliss-reactive ketones (excluding diaryl/α,β-unsaturated/α-hetero) is 1. The van der Waals surface area contributed by atoms with Crippen LogP contribution in [0.5, 0.6) is 17.2 Å². The molecule has 4 rings (SSSR count). The third-order valence-electron chi connectivity index (χ3n) is 6.25. The summed E-state index contributed by atoms with van der Waals surface area (Å²) in [5, 5.41) is 11.3. The number of likely N-dealkylation sites (tertiary alicyclic amines) is 1. The summed E-state index contributed by atoms with van der Waals surface area (Å²) in [5.74, 6) is -0.808. The summed E-state index contributed by atoms with van der Waals surface area (Å²) < 4.78 is 34.7. The molecule has 1 aliphatic rings. The van der Waals surface area contributed by atoms with Gasteiger partial charge in [0.25, 0.3) is 11.7 Å². The number of benzene rings is 3. The molecule has 1 heterocycles. The van der Waals surface area contributed by atoms with Gasteiger partial charge in [0.05, 0.1) is 32.4 Å². The van der Waals surface area contributed by atoms with Gasteiger partial charge in [-0.25, -0.2) is 4.39 Å². The predicted octanol–water partition coefficient (Wildman–Crippen LogP) is 4.49. The molecule has 0 aromatic heterocycles. The van der Waals surface area contributed by atoms with Gasteiger partial charge in [0.1, 0.15) is 23.9 Å². The third-order valence-corrected chi connectivity index (χ3v) is 6.25. The molecular weight excluding hydrogens is 493 g/mol. The first-order chi connectivity index (χ1) is 18.4. The number of halogens is 1. The summed E-state index contributed by atoms with van der Waals surface area (Å²) in [7, 11) is 4.46. The van der Waals surface area contributed by atoms with E-state index >= 15 is 0 Å². The normalized spacial score (nSPS) is 16.5. The van der Waals surface area contributed by atoms with E-state index in [1.165, 1.54) is 38.4 Å². The Morgan fingerprint density at radius 1 is 0.921 bits per heavy atom. The number of methoxy groups -OCH3 is 3. The van der Waals surface area contributed by atoms with E-state index < -0.39 is 17.7 Å². The number of ether oxygens (including phenoxy) is 4. The van der Waals surface area contributed by atoms with Crippen molar-refractivity contribution in [1.82, 2.24) is 4.90 Å². The monoisotopic (exact) mass is 521 g/mol. The molecule has 0 aliphatic carbocycles. The number of carbonyl (C=O) groups is 2. The van der Waals surface area contributed by atoms with Gasteiger partial charge in [0, 0.05) is 19.2 Å². The highest BCUT2D eigenvalue weighted by molar-refractivity contribution is 6.46. The molecule has 38 heavy (non-hydrogen) atoms. The lowest BCUT2D eigenvalue weighted by molar-refractivity contribution is -0.140. The van der Waals surface area contributed by atoms with Crippen molar-refractivity contribution in [1.29, 1.82) is 0 Å². The summed E-state index contributed by atoms with van der Waals surface area (Å²) in [4.78, 5) is 27.5. The predicted molar refractivity (Wildman–Crippen MR) is 138 cm³/mol. The van der Waals surface area contributed by atoms with E-state index in [9.17, 15) is 19.1 Å². The summed E-state index contributed by atoms with van der Waals surface area (Å²) >= 11 is 0. The molecule has 0 radical (unpaired) electrons. The Morgan fingerprint density at radius 2 is 1.61 bits per heavy atom. The molecule has 0 bridgehead atoms. The maximum Gasteiger partial charge on any atom is 0.295 e. The van der Waals surface area contributed by atoms with Gasteiger partial charge < -0.3 is 29.0 Å². The molecular formula is C29H28FNO7. The van der Waals surface area contributed by atoms with Gasteiger partial charge in [0.2, 0.25) is 0 Å². The Hall–Kier alpha value is -4.37. The summed E-state index contributed by atoms with van der Waals surface area (Å²) in [6, 6.07) is 16.8. The van der Waals surface area contributed by atoms with Crippen LogP contribution in [0.3, 0.4) is 0 Å². The first kappa shape index (κ1) is 26.7. The molecule has 1 N–H and O–H groups in total. The molecule has 1 aliphatic heterocycles. The second-order valence-corrected chi connectivity index (χ2v) is 8.54. The van der Waals surface area contributed by atoms with Gasteiger partial charge >= 0.3 is 0 Å². The van der Waals surface area contributed by atoms with Crippen LogP contribution in [0.25, 0.3) is 5.76 Å². The molecule has 1 amide bonds. The number of rotatable bonds is 10. The highest BCUT2D eigenvalue weighted by Gasteiger charge is 2.45. The number of nitrogens with zero attached hydrogens (tertiary/aromatic N) is 1. The molecule has 1 atom stereocenters. The van der Waals surface area contributed by atoms with E-state index in [0.717, 1.165) is 5.56 Å². The Kier molecular flexibility index (Phi) is 8.28. The van der Waals surface area contributed by atoms with Crippen molar-refractivity contribution in [2.75, 3.05) is 34.5 Å². The average Bonchev–Trinajstić information content (AvgIpc) is 3.20. The Labute approximate surface area is 219 Å². The molecule has 0 spiro atoms. The van der Waals surface area contributed by atoms with E-state index in [1.807, 2.05) is 0 Å². The first-order valence-electron chi connectivity index (χ1n) is 11.8. The summed E-state index contributed by atoms with van der Waals surface area (Å²) in [6.07, 6.45) is 0. The van der Waals surface area contributed by atoms with Crippen LogP contribution in [0.1, 0.15) is 22.7 Å². The zero-order valence-electron chi connectivity index (χ0n) is 21.3. The van der Waals surface area contributed by atoms with Crippen molar-refractivity contribution < 1.29 is 38.0 Å². The smallest absolute Gasteiger partial charge is 0.295 e. The maximum atomic E-state index is 13.1. The van der Waals surface area contributed by atoms with E-state index in [0.29, 0.717) is 28.4 Å². The number of amides is 1. The van der Waals surface area contributed by atoms with Crippen LogP contribution in [0.15, 0.2) is 72.3 Å². The number of carbonyl (C=O) groups excluding carboxylic acids is 2. The van der Waals surface area contributed by atoms with Crippen LogP contribution < -0.4 is 14.2 Å². The van der Waals surface area contributed by atoms with Gasteiger partial charge in [-0.1, -0.05) is 24.3 Å². The minimum absolute atomic E-state index is 0.0432. The fourth-order valence-corrected chi connectivity index (χ4v) is 4.28. The van der Waals surface area contributed by atoms with E-state index in [1.54, 1.807) is 54.6 Å². The van der Waals surface area contributed by atoms with Crippen LogP contribution in [-0.2, 0) is 20.9 Å². The molecule has 8 nitrogen and oxygen atoms in total. The van der Waals surface area contributed by atoms with Crippen molar-refractivity contribution in [3.05, 3.63) is 94.8 Å². The molecule has 1 fully saturated rings. The Balaban J connectivity index is 1.68.